The van der Waals surface area contributed by atoms with Gasteiger partial charge in [0.2, 0.25) is 0 Å². The van der Waals surface area contributed by atoms with Gasteiger partial charge in [0.05, 0.1) is 0 Å². The zero-order valence-electron chi connectivity index (χ0n) is 12.3. The van der Waals surface area contributed by atoms with Crippen molar-refractivity contribution in [1.29, 1.82) is 0 Å². The monoisotopic (exact) mass is 240 g/mol. The van der Waals surface area contributed by atoms with Crippen molar-refractivity contribution in [1.82, 2.24) is 10.6 Å². The molecule has 0 amide bonds. The third-order valence-electron chi connectivity index (χ3n) is 3.67. The summed E-state index contributed by atoms with van der Waals surface area (Å²) in [5.74, 6) is 0.926. The number of rotatable bonds is 5. The van der Waals surface area contributed by atoms with Gasteiger partial charge in [0, 0.05) is 18.1 Å². The highest BCUT2D eigenvalue weighted by Gasteiger charge is 2.14. The minimum absolute atomic E-state index is 0.234. The predicted octanol–water partition coefficient (Wildman–Crippen LogP) is 3.32. The molecule has 2 nitrogen and oxygen atoms in total. The maximum absolute atomic E-state index is 3.69. The van der Waals surface area contributed by atoms with Crippen LogP contribution in [0.3, 0.4) is 0 Å². The van der Waals surface area contributed by atoms with E-state index in [2.05, 4.69) is 38.3 Å². The normalized spacial score (nSPS) is 21.2. The Balaban J connectivity index is 2.11. The number of hydrogen-bond acceptors (Lipinski definition) is 2. The smallest absolute Gasteiger partial charge is 0.0164 e. The third kappa shape index (κ3) is 7.77. The molecule has 1 fully saturated rings. The second-order valence-electron chi connectivity index (χ2n) is 6.80. The maximum Gasteiger partial charge on any atom is 0.0164 e. The molecular formula is C15H32N2. The van der Waals surface area contributed by atoms with E-state index in [0.717, 1.165) is 12.5 Å². The molecule has 1 saturated carbocycles. The Bertz CT molecular complexity index is 188. The summed E-state index contributed by atoms with van der Waals surface area (Å²) in [7, 11) is 0. The average molecular weight is 240 g/mol. The van der Waals surface area contributed by atoms with Crippen molar-refractivity contribution in [2.45, 2.75) is 77.8 Å². The van der Waals surface area contributed by atoms with Crippen molar-refractivity contribution in [2.24, 2.45) is 5.92 Å². The standard InChI is InChI=1S/C15H32N2/c1-13(11-17-15(2,3)4)16-12-14-9-7-5-6-8-10-14/h13-14,16-17H,5-12H2,1-4H3. The summed E-state index contributed by atoms with van der Waals surface area (Å²) in [6.45, 7) is 11.2. The van der Waals surface area contributed by atoms with E-state index in [0.29, 0.717) is 6.04 Å². The molecule has 0 aromatic carbocycles. The molecule has 0 bridgehead atoms. The van der Waals surface area contributed by atoms with Gasteiger partial charge in [-0.05, 0) is 53.0 Å². The molecular weight excluding hydrogens is 208 g/mol. The van der Waals surface area contributed by atoms with Crippen molar-refractivity contribution < 1.29 is 0 Å². The molecule has 0 spiro atoms. The van der Waals surface area contributed by atoms with Gasteiger partial charge in [0.1, 0.15) is 0 Å². The summed E-state index contributed by atoms with van der Waals surface area (Å²) in [5, 5.41) is 7.25. The van der Waals surface area contributed by atoms with Crippen LogP contribution in [-0.2, 0) is 0 Å². The van der Waals surface area contributed by atoms with E-state index in [1.54, 1.807) is 0 Å². The van der Waals surface area contributed by atoms with Crippen LogP contribution in [0.5, 0.6) is 0 Å². The number of nitrogens with one attached hydrogen (secondary N) is 2. The first-order valence-corrected chi connectivity index (χ1v) is 7.46. The summed E-state index contributed by atoms with van der Waals surface area (Å²) in [5.41, 5.74) is 0.234. The van der Waals surface area contributed by atoms with Crippen molar-refractivity contribution in [2.75, 3.05) is 13.1 Å². The Morgan fingerprint density at radius 3 is 2.18 bits per heavy atom. The lowest BCUT2D eigenvalue weighted by Crippen LogP contribution is -2.45. The molecule has 102 valence electrons. The highest BCUT2D eigenvalue weighted by atomic mass is 15.0. The molecule has 1 rings (SSSR count). The molecule has 1 aliphatic carbocycles. The van der Waals surface area contributed by atoms with Gasteiger partial charge < -0.3 is 10.6 Å². The molecule has 1 unspecified atom stereocenters. The van der Waals surface area contributed by atoms with Crippen LogP contribution in [-0.4, -0.2) is 24.7 Å². The fourth-order valence-electron chi connectivity index (χ4n) is 2.47. The first-order chi connectivity index (χ1) is 7.97. The molecule has 2 N–H and O–H groups in total. The molecule has 17 heavy (non-hydrogen) atoms. The minimum atomic E-state index is 0.234. The largest absolute Gasteiger partial charge is 0.313 e. The Kier molecular flexibility index (Phi) is 6.50. The van der Waals surface area contributed by atoms with Crippen molar-refractivity contribution >= 4 is 0 Å². The van der Waals surface area contributed by atoms with Gasteiger partial charge in [0.15, 0.2) is 0 Å². The Morgan fingerprint density at radius 1 is 1.06 bits per heavy atom. The summed E-state index contributed by atoms with van der Waals surface area (Å²) in [4.78, 5) is 0. The maximum atomic E-state index is 3.69. The Morgan fingerprint density at radius 2 is 1.65 bits per heavy atom. The quantitative estimate of drug-likeness (QED) is 0.720. The van der Waals surface area contributed by atoms with Gasteiger partial charge in [-0.3, -0.25) is 0 Å². The molecule has 0 saturated heterocycles. The molecule has 0 aromatic rings. The van der Waals surface area contributed by atoms with Crippen LogP contribution >= 0.6 is 0 Å². The van der Waals surface area contributed by atoms with Crippen molar-refractivity contribution in [3.8, 4) is 0 Å². The first kappa shape index (κ1) is 15.0. The SMILES string of the molecule is CC(CNC(C)(C)C)NCC1CCCCCC1. The van der Waals surface area contributed by atoms with Crippen LogP contribution in [0.1, 0.15) is 66.2 Å². The summed E-state index contributed by atoms with van der Waals surface area (Å²) in [6, 6.07) is 0.581. The lowest BCUT2D eigenvalue weighted by atomic mass is 10.00. The Hall–Kier alpha value is -0.0800. The first-order valence-electron chi connectivity index (χ1n) is 7.46. The van der Waals surface area contributed by atoms with E-state index in [1.165, 1.54) is 45.1 Å². The van der Waals surface area contributed by atoms with Gasteiger partial charge in [0.25, 0.3) is 0 Å². The summed E-state index contributed by atoms with van der Waals surface area (Å²) in [6.07, 6.45) is 8.68. The van der Waals surface area contributed by atoms with E-state index in [9.17, 15) is 0 Å². The second-order valence-corrected chi connectivity index (χ2v) is 6.80. The topological polar surface area (TPSA) is 24.1 Å². The fraction of sp³-hybridized carbons (Fsp3) is 1.00. The van der Waals surface area contributed by atoms with E-state index in [1.807, 2.05) is 0 Å². The fourth-order valence-corrected chi connectivity index (χ4v) is 2.47. The predicted molar refractivity (Wildman–Crippen MR) is 76.4 cm³/mol. The van der Waals surface area contributed by atoms with Crippen molar-refractivity contribution in [3.63, 3.8) is 0 Å². The number of hydrogen-bond donors (Lipinski definition) is 2. The van der Waals surface area contributed by atoms with Crippen LogP contribution in [0.15, 0.2) is 0 Å². The van der Waals surface area contributed by atoms with Gasteiger partial charge in [-0.2, -0.15) is 0 Å². The molecule has 1 atom stereocenters. The van der Waals surface area contributed by atoms with E-state index in [4.69, 9.17) is 0 Å². The van der Waals surface area contributed by atoms with Gasteiger partial charge in [-0.15, -0.1) is 0 Å². The highest BCUT2D eigenvalue weighted by molar-refractivity contribution is 4.75. The van der Waals surface area contributed by atoms with Gasteiger partial charge in [-0.1, -0.05) is 25.7 Å². The third-order valence-corrected chi connectivity index (χ3v) is 3.67. The molecule has 0 radical (unpaired) electrons. The van der Waals surface area contributed by atoms with Crippen molar-refractivity contribution in [3.05, 3.63) is 0 Å². The molecule has 0 heterocycles. The van der Waals surface area contributed by atoms with Crippen LogP contribution < -0.4 is 10.6 Å². The van der Waals surface area contributed by atoms with Crippen LogP contribution in [0, 0.1) is 5.92 Å². The lowest BCUT2D eigenvalue weighted by Gasteiger charge is -2.25. The van der Waals surface area contributed by atoms with Crippen LogP contribution in [0.25, 0.3) is 0 Å². The summed E-state index contributed by atoms with van der Waals surface area (Å²) >= 11 is 0. The highest BCUT2D eigenvalue weighted by Crippen LogP contribution is 2.22. The molecule has 0 aromatic heterocycles. The summed E-state index contributed by atoms with van der Waals surface area (Å²) < 4.78 is 0. The Labute approximate surface area is 108 Å². The van der Waals surface area contributed by atoms with Gasteiger partial charge >= 0.3 is 0 Å². The lowest BCUT2D eigenvalue weighted by molar-refractivity contribution is 0.358. The van der Waals surface area contributed by atoms with Crippen LogP contribution in [0.4, 0.5) is 0 Å². The molecule has 0 aliphatic heterocycles. The second kappa shape index (κ2) is 7.38. The average Bonchev–Trinajstić information content (AvgIpc) is 2.51. The molecule has 1 aliphatic rings. The van der Waals surface area contributed by atoms with Crippen LogP contribution in [0.2, 0.25) is 0 Å². The van der Waals surface area contributed by atoms with Gasteiger partial charge in [-0.25, -0.2) is 0 Å². The van der Waals surface area contributed by atoms with E-state index < -0.39 is 0 Å². The van der Waals surface area contributed by atoms with E-state index in [-0.39, 0.29) is 5.54 Å². The zero-order valence-corrected chi connectivity index (χ0v) is 12.3. The zero-order chi connectivity index (χ0) is 12.7. The minimum Gasteiger partial charge on any atom is -0.313 e. The molecule has 2 heteroatoms. The van der Waals surface area contributed by atoms with E-state index >= 15 is 0 Å².